The van der Waals surface area contributed by atoms with Gasteiger partial charge in [-0.1, -0.05) is 23.2 Å². The van der Waals surface area contributed by atoms with Gasteiger partial charge in [-0.2, -0.15) is 0 Å². The standard InChI is InChI=1S/C26H19Cl2FN4O3S/c1-37(35,36)24-6-14(4-16-7-18(27)12-32-25(16)24)5-19-8-15(2-3-30-19)26(34)33-11-17-9-20-21(28)13-31-23(20)10-22(17)29/h2-4,6-10,12-13,31H,5,11H2,1H3,(H,33,34). The highest BCUT2D eigenvalue weighted by molar-refractivity contribution is 7.91. The van der Waals surface area contributed by atoms with Crippen LogP contribution in [-0.4, -0.2) is 35.5 Å². The number of benzene rings is 2. The first-order valence-electron chi connectivity index (χ1n) is 11.0. The van der Waals surface area contributed by atoms with Crippen molar-refractivity contribution in [2.75, 3.05) is 6.26 Å². The highest BCUT2D eigenvalue weighted by Crippen LogP contribution is 2.27. The summed E-state index contributed by atoms with van der Waals surface area (Å²) in [7, 11) is -3.56. The lowest BCUT2D eigenvalue weighted by Crippen LogP contribution is -2.23. The van der Waals surface area contributed by atoms with Gasteiger partial charge in [0.25, 0.3) is 5.91 Å². The number of halogens is 3. The topological polar surface area (TPSA) is 105 Å². The van der Waals surface area contributed by atoms with Crippen LogP contribution in [0.4, 0.5) is 4.39 Å². The molecule has 0 aliphatic carbocycles. The summed E-state index contributed by atoms with van der Waals surface area (Å²) in [4.78, 5) is 24.3. The number of aromatic nitrogens is 3. The summed E-state index contributed by atoms with van der Waals surface area (Å²) in [6.45, 7) is -0.0318. The van der Waals surface area contributed by atoms with E-state index >= 15 is 0 Å². The van der Waals surface area contributed by atoms with Crippen molar-refractivity contribution >= 4 is 60.8 Å². The summed E-state index contributed by atoms with van der Waals surface area (Å²) in [5.41, 5.74) is 2.76. The average molecular weight is 557 g/mol. The third-order valence-electron chi connectivity index (χ3n) is 5.88. The van der Waals surface area contributed by atoms with Crippen LogP contribution in [0.15, 0.2) is 66.0 Å². The van der Waals surface area contributed by atoms with Crippen molar-refractivity contribution in [1.82, 2.24) is 20.3 Å². The largest absolute Gasteiger partial charge is 0.360 e. The number of carbonyl (C=O) groups excluding carboxylic acids is 1. The smallest absolute Gasteiger partial charge is 0.251 e. The molecule has 0 aliphatic rings. The second kappa shape index (κ2) is 9.74. The molecule has 2 aromatic carbocycles. The quantitative estimate of drug-likeness (QED) is 0.288. The fraction of sp³-hybridized carbons (Fsp3) is 0.115. The Labute approximate surface area is 221 Å². The number of rotatable bonds is 6. The molecule has 1 amide bonds. The molecular formula is C26H19Cl2FN4O3S. The number of nitrogens with zero attached hydrogens (tertiary/aromatic N) is 2. The predicted octanol–water partition coefficient (Wildman–Crippen LogP) is 5.48. The van der Waals surface area contributed by atoms with Gasteiger partial charge in [0.1, 0.15) is 5.82 Å². The van der Waals surface area contributed by atoms with E-state index in [0.29, 0.717) is 54.2 Å². The minimum absolute atomic E-state index is 0.0318. The lowest BCUT2D eigenvalue weighted by atomic mass is 10.0. The second-order valence-corrected chi connectivity index (χ2v) is 11.4. The van der Waals surface area contributed by atoms with Crippen molar-refractivity contribution in [3.63, 3.8) is 0 Å². The summed E-state index contributed by atoms with van der Waals surface area (Å²) < 4.78 is 39.2. The minimum Gasteiger partial charge on any atom is -0.360 e. The average Bonchev–Trinajstić information content (AvgIpc) is 3.20. The van der Waals surface area contributed by atoms with E-state index in [1.165, 1.54) is 18.5 Å². The van der Waals surface area contributed by atoms with E-state index in [1.807, 2.05) is 0 Å². The van der Waals surface area contributed by atoms with Gasteiger partial charge in [-0.15, -0.1) is 0 Å². The van der Waals surface area contributed by atoms with Crippen LogP contribution in [0.5, 0.6) is 0 Å². The normalized spacial score (nSPS) is 11.8. The zero-order valence-electron chi connectivity index (χ0n) is 19.3. The summed E-state index contributed by atoms with van der Waals surface area (Å²) in [6.07, 6.45) is 5.86. The molecule has 37 heavy (non-hydrogen) atoms. The van der Waals surface area contributed by atoms with Crippen LogP contribution in [0.2, 0.25) is 10.0 Å². The molecule has 3 aromatic heterocycles. The molecular weight excluding hydrogens is 538 g/mol. The number of H-pyrrole nitrogens is 1. The number of carbonyl (C=O) groups is 1. The number of amides is 1. The Morgan fingerprint density at radius 3 is 2.70 bits per heavy atom. The number of sulfone groups is 1. The van der Waals surface area contributed by atoms with E-state index in [1.54, 1.807) is 42.6 Å². The summed E-state index contributed by atoms with van der Waals surface area (Å²) in [6, 6.07) is 11.1. The molecule has 3 heterocycles. The van der Waals surface area contributed by atoms with Gasteiger partial charge < -0.3 is 10.3 Å². The van der Waals surface area contributed by atoms with Gasteiger partial charge in [-0.05, 0) is 48.0 Å². The summed E-state index contributed by atoms with van der Waals surface area (Å²) in [5.74, 6) is -0.871. The Bertz CT molecular complexity index is 1810. The molecule has 0 spiro atoms. The first kappa shape index (κ1) is 25.1. The lowest BCUT2D eigenvalue weighted by Gasteiger charge is -2.10. The molecule has 0 unspecified atom stereocenters. The SMILES string of the molecule is CS(=O)(=O)c1cc(Cc2cc(C(=O)NCc3cc4c(Cl)c[nH]c4cc3F)ccn2)cc2cc(Cl)cnc12. The van der Waals surface area contributed by atoms with Gasteiger partial charge in [-0.25, -0.2) is 12.8 Å². The number of aromatic amines is 1. The molecule has 5 aromatic rings. The molecule has 0 bridgehead atoms. The Morgan fingerprint density at radius 1 is 1.11 bits per heavy atom. The van der Waals surface area contributed by atoms with Crippen molar-refractivity contribution in [2.24, 2.45) is 0 Å². The molecule has 7 nitrogen and oxygen atoms in total. The Hall–Kier alpha value is -3.53. The van der Waals surface area contributed by atoms with E-state index in [9.17, 15) is 17.6 Å². The lowest BCUT2D eigenvalue weighted by molar-refractivity contribution is 0.0950. The van der Waals surface area contributed by atoms with E-state index in [-0.39, 0.29) is 17.9 Å². The molecule has 2 N–H and O–H groups in total. The van der Waals surface area contributed by atoms with Crippen LogP contribution in [0.1, 0.15) is 27.2 Å². The van der Waals surface area contributed by atoms with Crippen LogP contribution in [0, 0.1) is 5.82 Å². The second-order valence-electron chi connectivity index (χ2n) is 8.61. The zero-order chi connectivity index (χ0) is 26.3. The number of hydrogen-bond donors (Lipinski definition) is 2. The fourth-order valence-corrected chi connectivity index (χ4v) is 5.39. The van der Waals surface area contributed by atoms with Crippen LogP contribution in [-0.2, 0) is 22.8 Å². The molecule has 5 rings (SSSR count). The maximum absolute atomic E-state index is 14.5. The van der Waals surface area contributed by atoms with Gasteiger partial charge in [0.2, 0.25) is 0 Å². The monoisotopic (exact) mass is 556 g/mol. The molecule has 11 heteroatoms. The highest BCUT2D eigenvalue weighted by Gasteiger charge is 2.17. The molecule has 188 valence electrons. The van der Waals surface area contributed by atoms with Gasteiger partial charge in [0, 0.05) is 70.9 Å². The van der Waals surface area contributed by atoms with Crippen molar-refractivity contribution in [3.8, 4) is 0 Å². The van der Waals surface area contributed by atoms with Gasteiger partial charge in [0.15, 0.2) is 9.84 Å². The van der Waals surface area contributed by atoms with Crippen molar-refractivity contribution in [3.05, 3.63) is 99.3 Å². The van der Waals surface area contributed by atoms with Crippen LogP contribution in [0.3, 0.4) is 0 Å². The number of nitrogens with one attached hydrogen (secondary N) is 2. The maximum Gasteiger partial charge on any atom is 0.251 e. The van der Waals surface area contributed by atoms with E-state index in [4.69, 9.17) is 23.2 Å². The number of pyridine rings is 2. The molecule has 0 atom stereocenters. The van der Waals surface area contributed by atoms with Gasteiger partial charge in [0.05, 0.1) is 20.5 Å². The molecule has 0 saturated carbocycles. The summed E-state index contributed by atoms with van der Waals surface area (Å²) >= 11 is 12.2. The maximum atomic E-state index is 14.5. The molecule has 0 radical (unpaired) electrons. The van der Waals surface area contributed by atoms with Crippen molar-refractivity contribution < 1.29 is 17.6 Å². The van der Waals surface area contributed by atoms with Gasteiger partial charge >= 0.3 is 0 Å². The molecule has 0 saturated heterocycles. The zero-order valence-corrected chi connectivity index (χ0v) is 21.7. The van der Waals surface area contributed by atoms with Crippen molar-refractivity contribution in [1.29, 1.82) is 0 Å². The van der Waals surface area contributed by atoms with Crippen LogP contribution in [0.25, 0.3) is 21.8 Å². The minimum atomic E-state index is -3.56. The molecule has 0 fully saturated rings. The van der Waals surface area contributed by atoms with Crippen LogP contribution < -0.4 is 5.32 Å². The van der Waals surface area contributed by atoms with E-state index in [0.717, 1.165) is 6.26 Å². The van der Waals surface area contributed by atoms with Gasteiger partial charge in [-0.3, -0.25) is 14.8 Å². The predicted molar refractivity (Wildman–Crippen MR) is 141 cm³/mol. The highest BCUT2D eigenvalue weighted by atomic mass is 35.5. The Balaban J connectivity index is 1.38. The Kier molecular flexibility index (Phi) is 6.61. The molecule has 0 aliphatic heterocycles. The third-order valence-corrected chi connectivity index (χ3v) is 7.51. The summed E-state index contributed by atoms with van der Waals surface area (Å²) in [5, 5.41) is 4.82. The Morgan fingerprint density at radius 2 is 1.92 bits per heavy atom. The number of fused-ring (bicyclic) bond motifs is 2. The first-order chi connectivity index (χ1) is 17.6. The first-order valence-corrected chi connectivity index (χ1v) is 13.7. The van der Waals surface area contributed by atoms with E-state index in [2.05, 4.69) is 20.3 Å². The fourth-order valence-electron chi connectivity index (χ4n) is 4.13. The van der Waals surface area contributed by atoms with Crippen LogP contribution >= 0.6 is 23.2 Å². The van der Waals surface area contributed by atoms with Crippen molar-refractivity contribution in [2.45, 2.75) is 17.9 Å². The number of hydrogen-bond acceptors (Lipinski definition) is 5. The third kappa shape index (κ3) is 5.29. The van der Waals surface area contributed by atoms with E-state index < -0.39 is 21.6 Å².